The van der Waals surface area contributed by atoms with Crippen LogP contribution >= 0.6 is 0 Å². The molecule has 0 spiro atoms. The van der Waals surface area contributed by atoms with Crippen molar-refractivity contribution in [1.82, 2.24) is 0 Å². The van der Waals surface area contributed by atoms with Crippen molar-refractivity contribution in [3.63, 3.8) is 0 Å². The molecule has 0 bridgehead atoms. The van der Waals surface area contributed by atoms with E-state index < -0.39 is 0 Å². The van der Waals surface area contributed by atoms with Gasteiger partial charge >= 0.3 is 0 Å². The van der Waals surface area contributed by atoms with Crippen LogP contribution in [0.2, 0.25) is 0 Å². The molecular weight excluding hydrogens is 204 g/mol. The van der Waals surface area contributed by atoms with E-state index in [0.717, 1.165) is 5.56 Å². The van der Waals surface area contributed by atoms with Crippen molar-refractivity contribution in [1.29, 1.82) is 0 Å². The molecule has 4 nitrogen and oxygen atoms in total. The van der Waals surface area contributed by atoms with E-state index in [9.17, 15) is 0 Å². The summed E-state index contributed by atoms with van der Waals surface area (Å²) in [5.74, 6) is 2.55. The Kier molecular flexibility index (Phi) is 4.61. The second kappa shape index (κ2) is 6.25. The van der Waals surface area contributed by atoms with Crippen molar-refractivity contribution in [2.45, 2.75) is 13.8 Å². The van der Waals surface area contributed by atoms with Crippen LogP contribution in [0.1, 0.15) is 19.4 Å². The van der Waals surface area contributed by atoms with Crippen LogP contribution in [0.3, 0.4) is 0 Å². The Morgan fingerprint density at radius 1 is 1.31 bits per heavy atom. The standard InChI is InChI=1S/C12H12N2O2/c1-3-9-16-14-12(10(2)13-15)11-7-5-4-6-8-11/h4-8,15H,1-2H3/b13-10+,14-12+. The summed E-state index contributed by atoms with van der Waals surface area (Å²) in [4.78, 5) is 4.76. The molecule has 82 valence electrons. The highest BCUT2D eigenvalue weighted by Gasteiger charge is 2.08. The van der Waals surface area contributed by atoms with Gasteiger partial charge in [-0.1, -0.05) is 46.6 Å². The lowest BCUT2D eigenvalue weighted by Gasteiger charge is -2.02. The van der Waals surface area contributed by atoms with Gasteiger partial charge in [0.2, 0.25) is 0 Å². The highest BCUT2D eigenvalue weighted by atomic mass is 16.6. The quantitative estimate of drug-likeness (QED) is 0.364. The lowest BCUT2D eigenvalue weighted by atomic mass is 10.1. The lowest BCUT2D eigenvalue weighted by Crippen LogP contribution is -2.12. The van der Waals surface area contributed by atoms with E-state index in [1.807, 2.05) is 30.3 Å². The van der Waals surface area contributed by atoms with Gasteiger partial charge in [0.1, 0.15) is 17.5 Å². The van der Waals surface area contributed by atoms with E-state index in [2.05, 4.69) is 22.3 Å². The molecule has 1 aromatic carbocycles. The first-order chi connectivity index (χ1) is 7.79. The summed E-state index contributed by atoms with van der Waals surface area (Å²) >= 11 is 0. The van der Waals surface area contributed by atoms with Gasteiger partial charge in [0.05, 0.1) is 0 Å². The van der Waals surface area contributed by atoms with Gasteiger partial charge in [-0.05, 0) is 6.92 Å². The van der Waals surface area contributed by atoms with Crippen LogP contribution in [-0.4, -0.2) is 16.6 Å². The van der Waals surface area contributed by atoms with Crippen LogP contribution in [0.5, 0.6) is 0 Å². The minimum absolute atomic E-state index is 0.365. The Balaban J connectivity index is 3.05. The molecule has 1 N–H and O–H groups in total. The molecule has 0 fully saturated rings. The largest absolute Gasteiger partial charge is 0.411 e. The first-order valence-electron chi connectivity index (χ1n) is 4.69. The van der Waals surface area contributed by atoms with Crippen molar-refractivity contribution in [2.24, 2.45) is 10.3 Å². The van der Waals surface area contributed by atoms with Gasteiger partial charge in [-0.3, -0.25) is 0 Å². The zero-order chi connectivity index (χ0) is 11.8. The predicted octanol–water partition coefficient (Wildman–Crippen LogP) is 2.24. The van der Waals surface area contributed by atoms with Crippen LogP contribution in [0.15, 0.2) is 40.6 Å². The van der Waals surface area contributed by atoms with E-state index in [-0.39, 0.29) is 0 Å². The number of hydrogen-bond acceptors (Lipinski definition) is 4. The van der Waals surface area contributed by atoms with E-state index in [1.165, 1.54) is 0 Å². The summed E-state index contributed by atoms with van der Waals surface area (Å²) in [5, 5.41) is 15.6. The topological polar surface area (TPSA) is 54.2 Å². The van der Waals surface area contributed by atoms with Gasteiger partial charge < -0.3 is 10.0 Å². The molecule has 4 heteroatoms. The zero-order valence-corrected chi connectivity index (χ0v) is 9.14. The predicted molar refractivity (Wildman–Crippen MR) is 62.4 cm³/mol. The molecule has 0 amide bonds. The van der Waals surface area contributed by atoms with Gasteiger partial charge in [-0.15, -0.1) is 0 Å². The maximum absolute atomic E-state index is 8.74. The van der Waals surface area contributed by atoms with E-state index >= 15 is 0 Å². The fourth-order valence-corrected chi connectivity index (χ4v) is 1.09. The molecule has 0 saturated heterocycles. The van der Waals surface area contributed by atoms with E-state index in [1.54, 1.807) is 13.8 Å². The van der Waals surface area contributed by atoms with Gasteiger partial charge in [-0.25, -0.2) is 0 Å². The molecule has 0 atom stereocenters. The molecule has 16 heavy (non-hydrogen) atoms. The van der Waals surface area contributed by atoms with Crippen molar-refractivity contribution >= 4 is 11.4 Å². The minimum atomic E-state index is 0.365. The second-order valence-corrected chi connectivity index (χ2v) is 2.93. The molecule has 0 heterocycles. The highest BCUT2D eigenvalue weighted by molar-refractivity contribution is 6.47. The Hall–Kier alpha value is -2.28. The SMILES string of the molecule is CC#CO/N=C(\C(C)=N\O)c1ccccc1. The van der Waals surface area contributed by atoms with Crippen molar-refractivity contribution in [3.8, 4) is 12.0 Å². The van der Waals surface area contributed by atoms with Crippen LogP contribution < -0.4 is 0 Å². The number of hydrogen-bond donors (Lipinski definition) is 1. The summed E-state index contributed by atoms with van der Waals surface area (Å²) in [5.41, 5.74) is 1.62. The van der Waals surface area contributed by atoms with Crippen molar-refractivity contribution < 1.29 is 10.0 Å². The third-order valence-electron chi connectivity index (χ3n) is 1.82. The van der Waals surface area contributed by atoms with Crippen LogP contribution in [0.4, 0.5) is 0 Å². The van der Waals surface area contributed by atoms with Gasteiger partial charge in [0, 0.05) is 12.5 Å². The fraction of sp³-hybridized carbons (Fsp3) is 0.167. The van der Waals surface area contributed by atoms with Gasteiger partial charge in [0.25, 0.3) is 0 Å². The van der Waals surface area contributed by atoms with Crippen molar-refractivity contribution in [3.05, 3.63) is 35.9 Å². The molecule has 0 unspecified atom stereocenters. The monoisotopic (exact) mass is 216 g/mol. The maximum Gasteiger partial charge on any atom is 0.148 e. The Bertz CT molecular complexity index is 453. The van der Waals surface area contributed by atoms with Crippen molar-refractivity contribution in [2.75, 3.05) is 0 Å². The Labute approximate surface area is 94.2 Å². The van der Waals surface area contributed by atoms with Gasteiger partial charge in [-0.2, -0.15) is 0 Å². The smallest absolute Gasteiger partial charge is 0.148 e. The summed E-state index contributed by atoms with van der Waals surface area (Å²) in [6.07, 6.45) is 2.35. The average Bonchev–Trinajstić information content (AvgIpc) is 2.35. The minimum Gasteiger partial charge on any atom is -0.411 e. The third-order valence-corrected chi connectivity index (χ3v) is 1.82. The lowest BCUT2D eigenvalue weighted by molar-refractivity contribution is 0.298. The molecule has 0 aliphatic rings. The fourth-order valence-electron chi connectivity index (χ4n) is 1.09. The molecular formula is C12H12N2O2. The number of rotatable bonds is 3. The first-order valence-corrected chi connectivity index (χ1v) is 4.69. The molecule has 1 aromatic rings. The van der Waals surface area contributed by atoms with Crippen LogP contribution in [0, 0.1) is 12.0 Å². The van der Waals surface area contributed by atoms with E-state index in [4.69, 9.17) is 10.0 Å². The summed E-state index contributed by atoms with van der Waals surface area (Å²) in [6, 6.07) is 9.30. The molecule has 0 saturated carbocycles. The second-order valence-electron chi connectivity index (χ2n) is 2.93. The normalized spacial score (nSPS) is 11.6. The molecule has 0 aromatic heterocycles. The molecule has 1 rings (SSSR count). The molecule has 0 radical (unpaired) electrons. The number of nitrogens with zero attached hydrogens (tertiary/aromatic N) is 2. The summed E-state index contributed by atoms with van der Waals surface area (Å²) in [7, 11) is 0. The highest BCUT2D eigenvalue weighted by Crippen LogP contribution is 2.03. The van der Waals surface area contributed by atoms with E-state index in [0.29, 0.717) is 11.4 Å². The van der Waals surface area contributed by atoms with Gasteiger partial charge in [0.15, 0.2) is 0 Å². The third kappa shape index (κ3) is 3.14. The number of benzene rings is 1. The van der Waals surface area contributed by atoms with Crippen LogP contribution in [0.25, 0.3) is 0 Å². The summed E-state index contributed by atoms with van der Waals surface area (Å²) < 4.78 is 0. The molecule has 0 aliphatic heterocycles. The zero-order valence-electron chi connectivity index (χ0n) is 9.14. The Morgan fingerprint density at radius 3 is 2.56 bits per heavy atom. The van der Waals surface area contributed by atoms with Crippen LogP contribution in [-0.2, 0) is 4.84 Å². The summed E-state index contributed by atoms with van der Waals surface area (Å²) in [6.45, 7) is 3.28. The molecule has 0 aliphatic carbocycles. The first kappa shape index (κ1) is 11.8. The Morgan fingerprint density at radius 2 is 2.00 bits per heavy atom. The number of oxime groups is 2. The maximum atomic E-state index is 8.74. The average molecular weight is 216 g/mol.